The van der Waals surface area contributed by atoms with E-state index in [1.54, 1.807) is 6.08 Å². The molecule has 0 atom stereocenters. The lowest BCUT2D eigenvalue weighted by Crippen LogP contribution is -2.13. The van der Waals surface area contributed by atoms with Crippen LogP contribution in [0, 0.1) is 0 Å². The molecule has 0 aliphatic heterocycles. The van der Waals surface area contributed by atoms with Crippen molar-refractivity contribution >= 4 is 0 Å². The molecule has 6 nitrogen and oxygen atoms in total. The summed E-state index contributed by atoms with van der Waals surface area (Å²) < 4.78 is 5.40. The molecule has 18 heavy (non-hydrogen) atoms. The molecule has 0 radical (unpaired) electrons. The van der Waals surface area contributed by atoms with Crippen molar-refractivity contribution in [1.29, 1.82) is 0 Å². The van der Waals surface area contributed by atoms with Gasteiger partial charge in [0.05, 0.1) is 6.54 Å². The minimum absolute atomic E-state index is 0.523. The maximum Gasteiger partial charge on any atom is 0.188 e. The van der Waals surface area contributed by atoms with Gasteiger partial charge in [-0.1, -0.05) is 30.0 Å². The zero-order chi connectivity index (χ0) is 12.6. The zero-order valence-electron chi connectivity index (χ0n) is 9.97. The molecule has 1 aromatic carbocycles. The van der Waals surface area contributed by atoms with Crippen LogP contribution < -0.4 is 10.1 Å². The molecule has 0 saturated heterocycles. The van der Waals surface area contributed by atoms with Crippen molar-refractivity contribution in [2.45, 2.75) is 13.1 Å². The van der Waals surface area contributed by atoms with Gasteiger partial charge in [-0.05, 0) is 17.7 Å². The smallest absolute Gasteiger partial charge is 0.188 e. The highest BCUT2D eigenvalue weighted by molar-refractivity contribution is 5.27. The topological polar surface area (TPSA) is 75.7 Å². The van der Waals surface area contributed by atoms with Crippen LogP contribution in [0.2, 0.25) is 0 Å². The summed E-state index contributed by atoms with van der Waals surface area (Å²) in [5.74, 6) is 1.50. The average molecular weight is 245 g/mol. The standard InChI is InChI=1S/C12H15N5O/c1-2-7-18-11-5-3-10(4-6-11)8-13-9-12-14-16-17-15-12/h2-6,13H,1,7-9H2,(H,14,15,16,17). The summed E-state index contributed by atoms with van der Waals surface area (Å²) in [6.07, 6.45) is 1.72. The fourth-order valence-corrected chi connectivity index (χ4v) is 1.43. The second-order valence-electron chi connectivity index (χ2n) is 3.68. The molecule has 0 amide bonds. The van der Waals surface area contributed by atoms with Crippen molar-refractivity contribution in [3.8, 4) is 5.75 Å². The van der Waals surface area contributed by atoms with E-state index >= 15 is 0 Å². The first-order chi connectivity index (χ1) is 8.88. The first-order valence-electron chi connectivity index (χ1n) is 5.64. The second-order valence-corrected chi connectivity index (χ2v) is 3.68. The molecule has 0 spiro atoms. The van der Waals surface area contributed by atoms with E-state index in [0.717, 1.165) is 12.3 Å². The SMILES string of the molecule is C=CCOc1ccc(CNCc2nn[nH]n2)cc1. The number of H-pyrrole nitrogens is 1. The van der Waals surface area contributed by atoms with Gasteiger partial charge in [0.1, 0.15) is 12.4 Å². The molecule has 1 heterocycles. The highest BCUT2D eigenvalue weighted by atomic mass is 16.5. The molecule has 94 valence electrons. The lowest BCUT2D eigenvalue weighted by molar-refractivity contribution is 0.363. The molecule has 0 aliphatic carbocycles. The number of aromatic nitrogens is 4. The molecule has 1 aromatic heterocycles. The Morgan fingerprint density at radius 2 is 2.11 bits per heavy atom. The fraction of sp³-hybridized carbons (Fsp3) is 0.250. The second kappa shape index (κ2) is 6.51. The van der Waals surface area contributed by atoms with Crippen LogP contribution in [0.3, 0.4) is 0 Å². The molecular formula is C12H15N5O. The number of hydrogen-bond donors (Lipinski definition) is 2. The van der Waals surface area contributed by atoms with Gasteiger partial charge in [0.25, 0.3) is 0 Å². The molecule has 0 unspecified atom stereocenters. The Kier molecular flexibility index (Phi) is 4.43. The Morgan fingerprint density at radius 1 is 1.28 bits per heavy atom. The lowest BCUT2D eigenvalue weighted by atomic mass is 10.2. The van der Waals surface area contributed by atoms with Crippen molar-refractivity contribution in [3.05, 3.63) is 48.3 Å². The van der Waals surface area contributed by atoms with Crippen LogP contribution in [-0.2, 0) is 13.1 Å². The predicted molar refractivity (Wildman–Crippen MR) is 66.9 cm³/mol. The molecule has 0 fully saturated rings. The minimum atomic E-state index is 0.523. The van der Waals surface area contributed by atoms with Gasteiger partial charge >= 0.3 is 0 Å². The van der Waals surface area contributed by atoms with E-state index in [1.165, 1.54) is 5.56 Å². The van der Waals surface area contributed by atoms with Crippen molar-refractivity contribution in [1.82, 2.24) is 25.9 Å². The van der Waals surface area contributed by atoms with Crippen molar-refractivity contribution < 1.29 is 4.74 Å². The molecule has 6 heteroatoms. The summed E-state index contributed by atoms with van der Waals surface area (Å²) in [5, 5.41) is 16.8. The van der Waals surface area contributed by atoms with Crippen molar-refractivity contribution in [3.63, 3.8) is 0 Å². The third kappa shape index (κ3) is 3.67. The van der Waals surface area contributed by atoms with Gasteiger partial charge < -0.3 is 10.1 Å². The van der Waals surface area contributed by atoms with E-state index < -0.39 is 0 Å². The summed E-state index contributed by atoms with van der Waals surface area (Å²) in [5.41, 5.74) is 1.17. The van der Waals surface area contributed by atoms with Gasteiger partial charge in [-0.3, -0.25) is 0 Å². The first-order valence-corrected chi connectivity index (χ1v) is 5.64. The summed E-state index contributed by atoms with van der Waals surface area (Å²) in [6, 6.07) is 7.91. The largest absolute Gasteiger partial charge is 0.490 e. The van der Waals surface area contributed by atoms with E-state index in [9.17, 15) is 0 Å². The average Bonchev–Trinajstić information content (AvgIpc) is 2.91. The van der Waals surface area contributed by atoms with Gasteiger partial charge in [0.15, 0.2) is 5.82 Å². The number of ether oxygens (including phenoxy) is 1. The van der Waals surface area contributed by atoms with Gasteiger partial charge in [0.2, 0.25) is 0 Å². The highest BCUT2D eigenvalue weighted by Crippen LogP contribution is 2.11. The molecule has 0 saturated carbocycles. The Hall–Kier alpha value is -2.21. The minimum Gasteiger partial charge on any atom is -0.490 e. The van der Waals surface area contributed by atoms with E-state index in [4.69, 9.17) is 4.74 Å². The highest BCUT2D eigenvalue weighted by Gasteiger charge is 1.98. The molecule has 2 N–H and O–H groups in total. The Labute approximate surface area is 105 Å². The van der Waals surface area contributed by atoms with E-state index in [2.05, 4.69) is 32.5 Å². The monoisotopic (exact) mass is 245 g/mol. The van der Waals surface area contributed by atoms with Crippen LogP contribution in [0.15, 0.2) is 36.9 Å². The molecule has 0 aliphatic rings. The number of tetrazole rings is 1. The number of benzene rings is 1. The van der Waals surface area contributed by atoms with Crippen molar-refractivity contribution in [2.24, 2.45) is 0 Å². The lowest BCUT2D eigenvalue weighted by Gasteiger charge is -2.05. The number of aromatic amines is 1. The van der Waals surface area contributed by atoms with Gasteiger partial charge in [-0.2, -0.15) is 5.21 Å². The van der Waals surface area contributed by atoms with Crippen molar-refractivity contribution in [2.75, 3.05) is 6.61 Å². The predicted octanol–water partition coefficient (Wildman–Crippen LogP) is 1.05. The van der Waals surface area contributed by atoms with Crippen LogP contribution in [-0.4, -0.2) is 27.2 Å². The van der Waals surface area contributed by atoms with Crippen LogP contribution >= 0.6 is 0 Å². The number of nitrogens with one attached hydrogen (secondary N) is 2. The van der Waals surface area contributed by atoms with Crippen LogP contribution in [0.5, 0.6) is 5.75 Å². The number of rotatable bonds is 7. The molecule has 0 bridgehead atoms. The molecule has 2 rings (SSSR count). The fourth-order valence-electron chi connectivity index (χ4n) is 1.43. The Morgan fingerprint density at radius 3 is 2.78 bits per heavy atom. The van der Waals surface area contributed by atoms with E-state index in [0.29, 0.717) is 19.0 Å². The maximum absolute atomic E-state index is 5.40. The number of nitrogens with zero attached hydrogens (tertiary/aromatic N) is 3. The van der Waals surface area contributed by atoms with E-state index in [1.807, 2.05) is 24.3 Å². The maximum atomic E-state index is 5.40. The van der Waals surface area contributed by atoms with Gasteiger partial charge in [0, 0.05) is 6.54 Å². The number of hydrogen-bond acceptors (Lipinski definition) is 5. The summed E-state index contributed by atoms with van der Waals surface area (Å²) >= 11 is 0. The summed E-state index contributed by atoms with van der Waals surface area (Å²) in [7, 11) is 0. The first kappa shape index (κ1) is 12.3. The molecule has 2 aromatic rings. The third-order valence-corrected chi connectivity index (χ3v) is 2.29. The molecular weight excluding hydrogens is 230 g/mol. The Balaban J connectivity index is 1.77. The quantitative estimate of drug-likeness (QED) is 0.713. The Bertz CT molecular complexity index is 466. The summed E-state index contributed by atoms with van der Waals surface area (Å²) in [4.78, 5) is 0. The van der Waals surface area contributed by atoms with Crippen LogP contribution in [0.4, 0.5) is 0 Å². The van der Waals surface area contributed by atoms with Gasteiger partial charge in [-0.25, -0.2) is 0 Å². The zero-order valence-corrected chi connectivity index (χ0v) is 9.97. The van der Waals surface area contributed by atoms with Crippen LogP contribution in [0.25, 0.3) is 0 Å². The van der Waals surface area contributed by atoms with E-state index in [-0.39, 0.29) is 0 Å². The third-order valence-electron chi connectivity index (χ3n) is 2.29. The van der Waals surface area contributed by atoms with Crippen LogP contribution in [0.1, 0.15) is 11.4 Å². The summed E-state index contributed by atoms with van der Waals surface area (Å²) in [6.45, 7) is 5.46. The normalized spacial score (nSPS) is 10.2. The van der Waals surface area contributed by atoms with Gasteiger partial charge in [-0.15, -0.1) is 10.2 Å².